The summed E-state index contributed by atoms with van der Waals surface area (Å²) in [6.07, 6.45) is 4.91. The lowest BCUT2D eigenvalue weighted by Crippen LogP contribution is -2.45. The standard InChI is InChI=1S/C13H23N3O/c1-10(15-7-3-4-8-15)9-16-11(2)14-13(5-6-13)12(16)17/h10-11,14H,3-9H2,1-2H3. The minimum Gasteiger partial charge on any atom is -0.324 e. The van der Waals surface area contributed by atoms with Gasteiger partial charge in [-0.15, -0.1) is 0 Å². The lowest BCUT2D eigenvalue weighted by Gasteiger charge is -2.30. The molecule has 1 spiro atoms. The van der Waals surface area contributed by atoms with Crippen LogP contribution in [0.15, 0.2) is 0 Å². The lowest BCUT2D eigenvalue weighted by atomic mass is 10.2. The number of hydrogen-bond acceptors (Lipinski definition) is 3. The first-order chi connectivity index (χ1) is 8.12. The zero-order valence-corrected chi connectivity index (χ0v) is 10.9. The summed E-state index contributed by atoms with van der Waals surface area (Å²) in [4.78, 5) is 16.9. The fraction of sp³-hybridized carbons (Fsp3) is 0.923. The predicted molar refractivity (Wildman–Crippen MR) is 66.5 cm³/mol. The van der Waals surface area contributed by atoms with Crippen LogP contribution in [0.25, 0.3) is 0 Å². The van der Waals surface area contributed by atoms with Crippen LogP contribution in [-0.4, -0.2) is 53.1 Å². The first-order valence-electron chi connectivity index (χ1n) is 6.95. The number of hydrogen-bond donors (Lipinski definition) is 1. The van der Waals surface area contributed by atoms with Gasteiger partial charge in [0.1, 0.15) is 0 Å². The Labute approximate surface area is 103 Å². The molecule has 3 aliphatic rings. The second kappa shape index (κ2) is 3.95. The molecule has 3 rings (SSSR count). The van der Waals surface area contributed by atoms with Crippen LogP contribution in [0, 0.1) is 0 Å². The maximum Gasteiger partial charge on any atom is 0.244 e. The van der Waals surface area contributed by atoms with Crippen molar-refractivity contribution in [1.29, 1.82) is 0 Å². The summed E-state index contributed by atoms with van der Waals surface area (Å²) in [5.41, 5.74) is -0.149. The topological polar surface area (TPSA) is 35.6 Å². The van der Waals surface area contributed by atoms with E-state index in [2.05, 4.69) is 29.0 Å². The molecule has 2 heterocycles. The number of amides is 1. The second-order valence-electron chi connectivity index (χ2n) is 5.95. The zero-order chi connectivity index (χ0) is 12.0. The monoisotopic (exact) mass is 237 g/mol. The Bertz CT molecular complexity index is 321. The normalized spacial score (nSPS) is 33.6. The van der Waals surface area contributed by atoms with Crippen molar-refractivity contribution in [2.75, 3.05) is 19.6 Å². The lowest BCUT2D eigenvalue weighted by molar-refractivity contribution is -0.131. The van der Waals surface area contributed by atoms with Gasteiger partial charge in [0, 0.05) is 12.6 Å². The molecule has 4 heteroatoms. The van der Waals surface area contributed by atoms with Gasteiger partial charge in [-0.05, 0) is 52.6 Å². The zero-order valence-electron chi connectivity index (χ0n) is 10.9. The van der Waals surface area contributed by atoms with E-state index in [1.165, 1.54) is 25.9 Å². The second-order valence-corrected chi connectivity index (χ2v) is 5.95. The molecule has 0 aromatic rings. The van der Waals surface area contributed by atoms with Crippen LogP contribution >= 0.6 is 0 Å². The molecule has 1 saturated carbocycles. The van der Waals surface area contributed by atoms with Gasteiger partial charge < -0.3 is 4.90 Å². The molecule has 2 aliphatic heterocycles. The maximum absolute atomic E-state index is 12.3. The molecule has 4 nitrogen and oxygen atoms in total. The smallest absolute Gasteiger partial charge is 0.244 e. The van der Waals surface area contributed by atoms with E-state index in [4.69, 9.17) is 0 Å². The third-order valence-corrected chi connectivity index (χ3v) is 4.60. The van der Waals surface area contributed by atoms with E-state index in [1.807, 2.05) is 0 Å². The minimum absolute atomic E-state index is 0.149. The first-order valence-corrected chi connectivity index (χ1v) is 6.95. The molecule has 1 aliphatic carbocycles. The Kier molecular flexibility index (Phi) is 2.67. The van der Waals surface area contributed by atoms with Crippen molar-refractivity contribution in [3.05, 3.63) is 0 Å². The number of likely N-dealkylation sites (tertiary alicyclic amines) is 1. The summed E-state index contributed by atoms with van der Waals surface area (Å²) < 4.78 is 0. The number of carbonyl (C=O) groups excluding carboxylic acids is 1. The van der Waals surface area contributed by atoms with Gasteiger partial charge in [0.05, 0.1) is 11.7 Å². The molecular weight excluding hydrogens is 214 g/mol. The van der Waals surface area contributed by atoms with Gasteiger partial charge in [-0.1, -0.05) is 0 Å². The Morgan fingerprint density at radius 2 is 2.06 bits per heavy atom. The quantitative estimate of drug-likeness (QED) is 0.788. The molecule has 2 atom stereocenters. The van der Waals surface area contributed by atoms with Crippen molar-refractivity contribution >= 4 is 5.91 Å². The minimum atomic E-state index is -0.149. The van der Waals surface area contributed by atoms with Crippen LogP contribution in [0.2, 0.25) is 0 Å². The van der Waals surface area contributed by atoms with Crippen LogP contribution < -0.4 is 5.32 Å². The summed E-state index contributed by atoms with van der Waals surface area (Å²) in [5, 5.41) is 3.46. The summed E-state index contributed by atoms with van der Waals surface area (Å²) in [6, 6.07) is 0.500. The average molecular weight is 237 g/mol. The molecule has 2 unspecified atom stereocenters. The van der Waals surface area contributed by atoms with E-state index in [0.717, 1.165) is 19.4 Å². The average Bonchev–Trinajstić information content (AvgIpc) is 2.80. The predicted octanol–water partition coefficient (Wildman–Crippen LogP) is 0.781. The van der Waals surface area contributed by atoms with Gasteiger partial charge in [-0.3, -0.25) is 15.0 Å². The van der Waals surface area contributed by atoms with Gasteiger partial charge in [-0.25, -0.2) is 0 Å². The molecular formula is C13H23N3O. The van der Waals surface area contributed by atoms with Gasteiger partial charge in [-0.2, -0.15) is 0 Å². The van der Waals surface area contributed by atoms with Gasteiger partial charge in [0.15, 0.2) is 0 Å². The third-order valence-electron chi connectivity index (χ3n) is 4.60. The van der Waals surface area contributed by atoms with E-state index in [9.17, 15) is 4.79 Å². The molecule has 0 aromatic heterocycles. The third kappa shape index (κ3) is 1.87. The number of nitrogens with zero attached hydrogens (tertiary/aromatic N) is 2. The number of carbonyl (C=O) groups is 1. The summed E-state index contributed by atoms with van der Waals surface area (Å²) in [6.45, 7) is 7.66. The highest BCUT2D eigenvalue weighted by atomic mass is 16.2. The summed E-state index contributed by atoms with van der Waals surface area (Å²) in [5.74, 6) is 0.344. The molecule has 1 N–H and O–H groups in total. The van der Waals surface area contributed by atoms with Gasteiger partial charge >= 0.3 is 0 Å². The Balaban J connectivity index is 1.62. The van der Waals surface area contributed by atoms with Crippen LogP contribution in [-0.2, 0) is 4.79 Å². The highest BCUT2D eigenvalue weighted by Gasteiger charge is 2.58. The van der Waals surface area contributed by atoms with Crippen molar-refractivity contribution in [2.45, 2.75) is 57.3 Å². The van der Waals surface area contributed by atoms with Crippen molar-refractivity contribution in [3.63, 3.8) is 0 Å². The van der Waals surface area contributed by atoms with E-state index < -0.39 is 0 Å². The summed E-state index contributed by atoms with van der Waals surface area (Å²) >= 11 is 0. The van der Waals surface area contributed by atoms with Gasteiger partial charge in [0.2, 0.25) is 5.91 Å². The molecule has 3 fully saturated rings. The van der Waals surface area contributed by atoms with E-state index in [1.54, 1.807) is 0 Å². The highest BCUT2D eigenvalue weighted by molar-refractivity contribution is 5.91. The maximum atomic E-state index is 12.3. The molecule has 2 saturated heterocycles. The fourth-order valence-corrected chi connectivity index (χ4v) is 3.30. The molecule has 17 heavy (non-hydrogen) atoms. The Hall–Kier alpha value is -0.610. The molecule has 96 valence electrons. The van der Waals surface area contributed by atoms with Crippen molar-refractivity contribution < 1.29 is 4.79 Å². The first kappa shape index (κ1) is 11.5. The van der Waals surface area contributed by atoms with Crippen LogP contribution in [0.5, 0.6) is 0 Å². The fourth-order valence-electron chi connectivity index (χ4n) is 3.30. The number of rotatable bonds is 3. The van der Waals surface area contributed by atoms with Crippen molar-refractivity contribution in [1.82, 2.24) is 15.1 Å². The highest BCUT2D eigenvalue weighted by Crippen LogP contribution is 2.42. The molecule has 0 aromatic carbocycles. The molecule has 0 radical (unpaired) electrons. The molecule has 1 amide bonds. The van der Waals surface area contributed by atoms with E-state index in [0.29, 0.717) is 11.9 Å². The number of nitrogens with one attached hydrogen (secondary N) is 1. The summed E-state index contributed by atoms with van der Waals surface area (Å²) in [7, 11) is 0. The van der Waals surface area contributed by atoms with Crippen molar-refractivity contribution in [2.24, 2.45) is 0 Å². The van der Waals surface area contributed by atoms with Crippen LogP contribution in [0.3, 0.4) is 0 Å². The molecule has 0 bridgehead atoms. The van der Waals surface area contributed by atoms with Crippen LogP contribution in [0.1, 0.15) is 39.5 Å². The SMILES string of the molecule is CC(CN1C(=O)C2(CC2)NC1C)N1CCCC1. The van der Waals surface area contributed by atoms with Gasteiger partial charge in [0.25, 0.3) is 0 Å². The largest absolute Gasteiger partial charge is 0.324 e. The van der Waals surface area contributed by atoms with Crippen LogP contribution in [0.4, 0.5) is 0 Å². The van der Waals surface area contributed by atoms with E-state index >= 15 is 0 Å². The Morgan fingerprint density at radius 1 is 1.41 bits per heavy atom. The van der Waals surface area contributed by atoms with E-state index in [-0.39, 0.29) is 11.7 Å². The van der Waals surface area contributed by atoms with Crippen molar-refractivity contribution in [3.8, 4) is 0 Å². The Morgan fingerprint density at radius 3 is 2.59 bits per heavy atom.